The molecule has 0 bridgehead atoms. The average molecular weight is 443 g/mol. The standard InChI is InChI=1S/C20H12Cl4FNO/c21-13-7-4-11(5-8-13)20(27)19(12-6-9-14(22)16(24)10-12)26-17-3-1-2-15(23)18(17)25/h1-10,19,26H. The molecule has 0 radical (unpaired) electrons. The zero-order valence-electron chi connectivity index (χ0n) is 13.6. The monoisotopic (exact) mass is 441 g/mol. The van der Waals surface area contributed by atoms with E-state index in [-0.39, 0.29) is 21.5 Å². The van der Waals surface area contributed by atoms with Crippen molar-refractivity contribution in [1.82, 2.24) is 0 Å². The van der Waals surface area contributed by atoms with Gasteiger partial charge in [-0.05, 0) is 54.1 Å². The lowest BCUT2D eigenvalue weighted by Crippen LogP contribution is -2.22. The van der Waals surface area contributed by atoms with E-state index in [0.29, 0.717) is 21.2 Å². The molecule has 1 N–H and O–H groups in total. The second kappa shape index (κ2) is 8.49. The second-order valence-electron chi connectivity index (χ2n) is 5.72. The molecule has 3 rings (SSSR count). The number of carbonyl (C=O) groups is 1. The van der Waals surface area contributed by atoms with Gasteiger partial charge in [-0.25, -0.2) is 4.39 Å². The number of rotatable bonds is 5. The van der Waals surface area contributed by atoms with Gasteiger partial charge in [0.2, 0.25) is 0 Å². The first-order chi connectivity index (χ1) is 12.9. The molecule has 3 aromatic rings. The van der Waals surface area contributed by atoms with Gasteiger partial charge >= 0.3 is 0 Å². The topological polar surface area (TPSA) is 29.1 Å². The van der Waals surface area contributed by atoms with Crippen LogP contribution in [0.2, 0.25) is 20.1 Å². The summed E-state index contributed by atoms with van der Waals surface area (Å²) in [6, 6.07) is 14.8. The largest absolute Gasteiger partial charge is 0.369 e. The molecule has 0 saturated carbocycles. The second-order valence-corrected chi connectivity index (χ2v) is 7.38. The Morgan fingerprint density at radius 2 is 1.56 bits per heavy atom. The quantitative estimate of drug-likeness (QED) is 0.415. The minimum atomic E-state index is -0.908. The molecule has 3 aromatic carbocycles. The molecule has 27 heavy (non-hydrogen) atoms. The van der Waals surface area contributed by atoms with E-state index in [2.05, 4.69) is 5.32 Å². The highest BCUT2D eigenvalue weighted by Gasteiger charge is 2.24. The van der Waals surface area contributed by atoms with Crippen LogP contribution in [0, 0.1) is 5.82 Å². The molecule has 138 valence electrons. The van der Waals surface area contributed by atoms with Crippen molar-refractivity contribution in [1.29, 1.82) is 0 Å². The summed E-state index contributed by atoms with van der Waals surface area (Å²) in [5, 5.41) is 4.02. The number of hydrogen-bond acceptors (Lipinski definition) is 2. The van der Waals surface area contributed by atoms with Gasteiger partial charge in [0.05, 0.1) is 20.8 Å². The van der Waals surface area contributed by atoms with Crippen LogP contribution in [0.5, 0.6) is 0 Å². The van der Waals surface area contributed by atoms with Crippen molar-refractivity contribution in [2.24, 2.45) is 0 Å². The highest BCUT2D eigenvalue weighted by Crippen LogP contribution is 2.31. The number of nitrogens with one attached hydrogen (secondary N) is 1. The number of carbonyl (C=O) groups excluding carboxylic acids is 1. The molecular formula is C20H12Cl4FNO. The van der Waals surface area contributed by atoms with Gasteiger partial charge in [0.1, 0.15) is 6.04 Å². The normalized spacial score (nSPS) is 11.9. The lowest BCUT2D eigenvalue weighted by atomic mass is 9.97. The Kier molecular flexibility index (Phi) is 6.28. The molecule has 0 aliphatic heterocycles. The average Bonchev–Trinajstić information content (AvgIpc) is 2.65. The van der Waals surface area contributed by atoms with Crippen LogP contribution < -0.4 is 5.32 Å². The maximum atomic E-state index is 14.4. The summed E-state index contributed by atoms with van der Waals surface area (Å²) < 4.78 is 14.4. The number of anilines is 1. The molecule has 0 aromatic heterocycles. The van der Waals surface area contributed by atoms with E-state index in [9.17, 15) is 9.18 Å². The number of benzene rings is 3. The molecule has 1 atom stereocenters. The third kappa shape index (κ3) is 4.56. The van der Waals surface area contributed by atoms with Gasteiger partial charge in [0, 0.05) is 10.6 Å². The van der Waals surface area contributed by atoms with Crippen LogP contribution in [0.25, 0.3) is 0 Å². The smallest absolute Gasteiger partial charge is 0.189 e. The van der Waals surface area contributed by atoms with Crippen molar-refractivity contribution in [2.75, 3.05) is 5.32 Å². The molecule has 0 saturated heterocycles. The van der Waals surface area contributed by atoms with E-state index in [1.54, 1.807) is 48.5 Å². The van der Waals surface area contributed by atoms with Gasteiger partial charge in [0.15, 0.2) is 11.6 Å². The molecule has 0 aliphatic carbocycles. The van der Waals surface area contributed by atoms with E-state index >= 15 is 0 Å². The molecule has 7 heteroatoms. The van der Waals surface area contributed by atoms with Gasteiger partial charge in [-0.2, -0.15) is 0 Å². The lowest BCUT2D eigenvalue weighted by molar-refractivity contribution is 0.0969. The van der Waals surface area contributed by atoms with Crippen LogP contribution in [0.4, 0.5) is 10.1 Å². The molecule has 0 aliphatic rings. The van der Waals surface area contributed by atoms with Crippen LogP contribution in [0.1, 0.15) is 22.0 Å². The molecular weight excluding hydrogens is 431 g/mol. The SMILES string of the molecule is O=C(c1ccc(Cl)cc1)C(Nc1cccc(Cl)c1F)c1ccc(Cl)c(Cl)c1. The van der Waals surface area contributed by atoms with E-state index in [0.717, 1.165) is 0 Å². The fourth-order valence-corrected chi connectivity index (χ4v) is 3.15. The number of hydrogen-bond donors (Lipinski definition) is 1. The summed E-state index contributed by atoms with van der Waals surface area (Å²) in [5.41, 5.74) is 1.04. The Morgan fingerprint density at radius 1 is 0.852 bits per heavy atom. The summed E-state index contributed by atoms with van der Waals surface area (Å²) in [6.45, 7) is 0. The molecule has 0 spiro atoms. The van der Waals surface area contributed by atoms with E-state index in [1.807, 2.05) is 0 Å². The summed E-state index contributed by atoms with van der Waals surface area (Å²) >= 11 is 23.8. The van der Waals surface area contributed by atoms with Crippen molar-refractivity contribution in [2.45, 2.75) is 6.04 Å². The third-order valence-electron chi connectivity index (χ3n) is 3.92. The van der Waals surface area contributed by atoms with Crippen molar-refractivity contribution in [3.05, 3.63) is 97.7 Å². The predicted octanol–water partition coefficient (Wildman–Crippen LogP) is 7.48. The minimum Gasteiger partial charge on any atom is -0.369 e. The van der Waals surface area contributed by atoms with Crippen LogP contribution in [0.3, 0.4) is 0 Å². The molecule has 1 unspecified atom stereocenters. The van der Waals surface area contributed by atoms with Gasteiger partial charge < -0.3 is 5.32 Å². The van der Waals surface area contributed by atoms with Crippen molar-refractivity contribution in [3.8, 4) is 0 Å². The first-order valence-corrected chi connectivity index (χ1v) is 9.33. The maximum Gasteiger partial charge on any atom is 0.189 e. The summed E-state index contributed by atoms with van der Waals surface area (Å²) in [5.74, 6) is -0.933. The van der Waals surface area contributed by atoms with Gasteiger partial charge in [0.25, 0.3) is 0 Å². The van der Waals surface area contributed by atoms with Crippen LogP contribution >= 0.6 is 46.4 Å². The number of Topliss-reactive ketones (excluding diaryl/α,β-unsaturated/α-hetero) is 1. The van der Waals surface area contributed by atoms with Gasteiger partial charge in [-0.3, -0.25) is 4.79 Å². The fraction of sp³-hybridized carbons (Fsp3) is 0.0500. The highest BCUT2D eigenvalue weighted by molar-refractivity contribution is 6.42. The first-order valence-electron chi connectivity index (χ1n) is 7.82. The predicted molar refractivity (Wildman–Crippen MR) is 110 cm³/mol. The van der Waals surface area contributed by atoms with E-state index < -0.39 is 11.9 Å². The maximum absolute atomic E-state index is 14.4. The molecule has 0 fully saturated rings. The zero-order chi connectivity index (χ0) is 19.6. The van der Waals surface area contributed by atoms with Crippen LogP contribution in [-0.2, 0) is 0 Å². The Morgan fingerprint density at radius 3 is 2.22 bits per heavy atom. The van der Waals surface area contributed by atoms with Crippen molar-refractivity contribution in [3.63, 3.8) is 0 Å². The summed E-state index contributed by atoms with van der Waals surface area (Å²) in [6.07, 6.45) is 0. The molecule has 0 heterocycles. The van der Waals surface area contributed by atoms with E-state index in [4.69, 9.17) is 46.4 Å². The zero-order valence-corrected chi connectivity index (χ0v) is 16.7. The Hall–Kier alpha value is -1.78. The molecule has 2 nitrogen and oxygen atoms in total. The third-order valence-corrected chi connectivity index (χ3v) is 5.20. The van der Waals surface area contributed by atoms with Crippen molar-refractivity contribution >= 4 is 57.9 Å². The van der Waals surface area contributed by atoms with Gasteiger partial charge in [-0.1, -0.05) is 58.5 Å². The summed E-state index contributed by atoms with van der Waals surface area (Å²) in [4.78, 5) is 13.1. The lowest BCUT2D eigenvalue weighted by Gasteiger charge is -2.21. The Balaban J connectivity index is 2.05. The van der Waals surface area contributed by atoms with Crippen LogP contribution in [-0.4, -0.2) is 5.78 Å². The Bertz CT molecular complexity index is 992. The first kappa shape index (κ1) is 20.0. The summed E-state index contributed by atoms with van der Waals surface area (Å²) in [7, 11) is 0. The number of ketones is 1. The van der Waals surface area contributed by atoms with Gasteiger partial charge in [-0.15, -0.1) is 0 Å². The Labute approximate surface area is 175 Å². The molecule has 0 amide bonds. The number of halogens is 5. The highest BCUT2D eigenvalue weighted by atomic mass is 35.5. The minimum absolute atomic E-state index is 0.0492. The van der Waals surface area contributed by atoms with E-state index in [1.165, 1.54) is 12.1 Å². The van der Waals surface area contributed by atoms with Crippen LogP contribution in [0.15, 0.2) is 60.7 Å². The fourth-order valence-electron chi connectivity index (χ4n) is 2.54. The van der Waals surface area contributed by atoms with Crippen molar-refractivity contribution < 1.29 is 9.18 Å².